The highest BCUT2D eigenvalue weighted by atomic mass is 19.1. The van der Waals surface area contributed by atoms with Crippen molar-refractivity contribution in [2.45, 2.75) is 38.7 Å². The molecule has 0 atom stereocenters. The molecule has 1 aliphatic heterocycles. The van der Waals surface area contributed by atoms with Crippen molar-refractivity contribution in [2.24, 2.45) is 5.92 Å². The largest absolute Gasteiger partial charge is 0.390 e. The van der Waals surface area contributed by atoms with Gasteiger partial charge in [-0.25, -0.2) is 8.78 Å². The van der Waals surface area contributed by atoms with Crippen molar-refractivity contribution in [2.75, 3.05) is 13.1 Å². The van der Waals surface area contributed by atoms with Crippen LogP contribution in [0.3, 0.4) is 0 Å². The van der Waals surface area contributed by atoms with Gasteiger partial charge in [-0.2, -0.15) is 5.10 Å². The number of hydrogen-bond donors (Lipinski definition) is 2. The Bertz CT molecular complexity index is 770. The Morgan fingerprint density at radius 1 is 1.23 bits per heavy atom. The van der Waals surface area contributed by atoms with Crippen LogP contribution in [-0.4, -0.2) is 44.8 Å². The molecule has 1 aliphatic rings. The third-order valence-corrected chi connectivity index (χ3v) is 4.66. The van der Waals surface area contributed by atoms with Crippen molar-refractivity contribution in [3.63, 3.8) is 0 Å². The van der Waals surface area contributed by atoms with Crippen molar-refractivity contribution >= 4 is 5.91 Å². The standard InChI is InChI=1S/C19H23F2N3O2/c1-19(2,26)11-12-3-5-24(6-4-12)18(25)17-10-16(22-23-17)13-7-14(20)9-15(21)8-13/h7-10,12,26H,3-6,11H2,1-2H3,(H,22,23). The van der Waals surface area contributed by atoms with Gasteiger partial charge in [-0.05, 0) is 57.2 Å². The monoisotopic (exact) mass is 363 g/mol. The van der Waals surface area contributed by atoms with Crippen molar-refractivity contribution in [1.29, 1.82) is 0 Å². The number of aromatic amines is 1. The normalized spacial score (nSPS) is 16.1. The lowest BCUT2D eigenvalue weighted by Crippen LogP contribution is -2.40. The second kappa shape index (κ2) is 7.15. The van der Waals surface area contributed by atoms with Crippen LogP contribution in [0.15, 0.2) is 24.3 Å². The zero-order valence-corrected chi connectivity index (χ0v) is 14.9. The Morgan fingerprint density at radius 3 is 2.42 bits per heavy atom. The summed E-state index contributed by atoms with van der Waals surface area (Å²) in [5.41, 5.74) is 0.200. The van der Waals surface area contributed by atoms with Crippen LogP contribution in [0, 0.1) is 17.6 Å². The van der Waals surface area contributed by atoms with E-state index in [1.165, 1.54) is 18.2 Å². The molecule has 3 rings (SSSR count). The first-order valence-corrected chi connectivity index (χ1v) is 8.75. The average Bonchev–Trinajstić information content (AvgIpc) is 3.02. The topological polar surface area (TPSA) is 69.2 Å². The van der Waals surface area contributed by atoms with Crippen LogP contribution in [0.25, 0.3) is 11.3 Å². The van der Waals surface area contributed by atoms with Gasteiger partial charge >= 0.3 is 0 Å². The zero-order valence-electron chi connectivity index (χ0n) is 14.9. The molecule has 0 unspecified atom stereocenters. The Balaban J connectivity index is 1.66. The molecule has 0 aliphatic carbocycles. The van der Waals surface area contributed by atoms with E-state index in [1.54, 1.807) is 18.7 Å². The van der Waals surface area contributed by atoms with E-state index in [1.807, 2.05) is 0 Å². The second-order valence-corrected chi connectivity index (χ2v) is 7.58. The number of aliphatic hydroxyl groups is 1. The van der Waals surface area contributed by atoms with Crippen LogP contribution in [0.2, 0.25) is 0 Å². The number of carbonyl (C=O) groups is 1. The van der Waals surface area contributed by atoms with E-state index in [4.69, 9.17) is 0 Å². The molecule has 0 bridgehead atoms. The van der Waals surface area contributed by atoms with Gasteiger partial charge in [-0.3, -0.25) is 9.89 Å². The summed E-state index contributed by atoms with van der Waals surface area (Å²) in [4.78, 5) is 14.4. The average molecular weight is 363 g/mol. The first kappa shape index (κ1) is 18.5. The highest BCUT2D eigenvalue weighted by Crippen LogP contribution is 2.27. The lowest BCUT2D eigenvalue weighted by molar-refractivity contribution is 0.0357. The molecule has 1 fully saturated rings. The molecule has 1 aromatic carbocycles. The predicted molar refractivity (Wildman–Crippen MR) is 93.5 cm³/mol. The predicted octanol–water partition coefficient (Wildman–Crippen LogP) is 3.37. The lowest BCUT2D eigenvalue weighted by Gasteiger charge is -2.34. The Hall–Kier alpha value is -2.28. The quantitative estimate of drug-likeness (QED) is 0.875. The van der Waals surface area contributed by atoms with Crippen LogP contribution in [-0.2, 0) is 0 Å². The number of benzene rings is 1. The Labute approximate surface area is 151 Å². The molecule has 1 aromatic heterocycles. The molecule has 0 spiro atoms. The molecule has 0 saturated carbocycles. The van der Waals surface area contributed by atoms with Crippen molar-refractivity contribution in [3.8, 4) is 11.3 Å². The van der Waals surface area contributed by atoms with E-state index >= 15 is 0 Å². The van der Waals surface area contributed by atoms with E-state index in [9.17, 15) is 18.7 Å². The summed E-state index contributed by atoms with van der Waals surface area (Å²) >= 11 is 0. The number of hydrogen-bond acceptors (Lipinski definition) is 3. The summed E-state index contributed by atoms with van der Waals surface area (Å²) < 4.78 is 26.7. The number of halogens is 2. The lowest BCUT2D eigenvalue weighted by atomic mass is 9.86. The number of amides is 1. The SMILES string of the molecule is CC(C)(O)CC1CCN(C(=O)c2cc(-c3cc(F)cc(F)c3)n[nH]2)CC1. The minimum atomic E-state index is -0.699. The van der Waals surface area contributed by atoms with Gasteiger partial charge in [0.1, 0.15) is 17.3 Å². The number of nitrogens with one attached hydrogen (secondary N) is 1. The molecule has 7 heteroatoms. The van der Waals surface area contributed by atoms with Gasteiger partial charge in [-0.15, -0.1) is 0 Å². The van der Waals surface area contributed by atoms with Crippen molar-refractivity contribution < 1.29 is 18.7 Å². The molecular formula is C19H23F2N3O2. The third kappa shape index (κ3) is 4.46. The van der Waals surface area contributed by atoms with Crippen molar-refractivity contribution in [3.05, 3.63) is 41.6 Å². The fourth-order valence-corrected chi connectivity index (χ4v) is 3.50. The number of carbonyl (C=O) groups excluding carboxylic acids is 1. The highest BCUT2D eigenvalue weighted by molar-refractivity contribution is 5.93. The molecule has 2 N–H and O–H groups in total. The Morgan fingerprint density at radius 2 is 1.85 bits per heavy atom. The maximum Gasteiger partial charge on any atom is 0.271 e. The first-order valence-electron chi connectivity index (χ1n) is 8.75. The van der Waals surface area contributed by atoms with Crippen LogP contribution in [0.5, 0.6) is 0 Å². The van der Waals surface area contributed by atoms with E-state index in [0.29, 0.717) is 36.8 Å². The smallest absolute Gasteiger partial charge is 0.271 e. The fraction of sp³-hybridized carbons (Fsp3) is 0.474. The maximum absolute atomic E-state index is 13.4. The van der Waals surface area contributed by atoms with Crippen LogP contribution < -0.4 is 0 Å². The van der Waals surface area contributed by atoms with Crippen molar-refractivity contribution in [1.82, 2.24) is 15.1 Å². The summed E-state index contributed by atoms with van der Waals surface area (Å²) in [6, 6.07) is 4.66. The molecule has 2 aromatic rings. The van der Waals surface area contributed by atoms with Gasteiger partial charge < -0.3 is 10.0 Å². The molecule has 2 heterocycles. The highest BCUT2D eigenvalue weighted by Gasteiger charge is 2.28. The summed E-state index contributed by atoms with van der Waals surface area (Å²) in [5.74, 6) is -1.16. The summed E-state index contributed by atoms with van der Waals surface area (Å²) in [6.45, 7) is 4.82. The molecule has 5 nitrogen and oxygen atoms in total. The number of rotatable bonds is 4. The molecule has 26 heavy (non-hydrogen) atoms. The van der Waals surface area contributed by atoms with Gasteiger partial charge in [0.25, 0.3) is 5.91 Å². The molecular weight excluding hydrogens is 340 g/mol. The van der Waals surface area contributed by atoms with E-state index in [-0.39, 0.29) is 11.5 Å². The van der Waals surface area contributed by atoms with Crippen LogP contribution in [0.1, 0.15) is 43.6 Å². The molecule has 1 saturated heterocycles. The second-order valence-electron chi connectivity index (χ2n) is 7.58. The first-order chi connectivity index (χ1) is 12.2. The van der Waals surface area contributed by atoms with Crippen LogP contribution in [0.4, 0.5) is 8.78 Å². The number of nitrogens with zero attached hydrogens (tertiary/aromatic N) is 2. The van der Waals surface area contributed by atoms with E-state index in [2.05, 4.69) is 10.2 Å². The van der Waals surface area contributed by atoms with Gasteiger partial charge in [0.05, 0.1) is 11.3 Å². The zero-order chi connectivity index (χ0) is 18.9. The summed E-state index contributed by atoms with van der Waals surface area (Å²) in [7, 11) is 0. The van der Waals surface area contributed by atoms with Gasteiger partial charge in [0.2, 0.25) is 0 Å². The summed E-state index contributed by atoms with van der Waals surface area (Å²) in [6.07, 6.45) is 2.39. The minimum absolute atomic E-state index is 0.178. The number of H-pyrrole nitrogens is 1. The summed E-state index contributed by atoms with van der Waals surface area (Å²) in [5, 5.41) is 16.6. The van der Waals surface area contributed by atoms with Gasteiger partial charge in [0.15, 0.2) is 0 Å². The number of likely N-dealkylation sites (tertiary alicyclic amines) is 1. The third-order valence-electron chi connectivity index (χ3n) is 4.66. The fourth-order valence-electron chi connectivity index (χ4n) is 3.50. The molecule has 140 valence electrons. The van der Waals surface area contributed by atoms with Gasteiger partial charge in [-0.1, -0.05) is 0 Å². The van der Waals surface area contributed by atoms with Crippen LogP contribution >= 0.6 is 0 Å². The maximum atomic E-state index is 13.4. The Kier molecular flexibility index (Phi) is 5.09. The molecule has 0 radical (unpaired) electrons. The molecule has 1 amide bonds. The van der Waals surface area contributed by atoms with Gasteiger partial charge in [0, 0.05) is 24.7 Å². The van der Waals surface area contributed by atoms with E-state index in [0.717, 1.165) is 18.9 Å². The minimum Gasteiger partial charge on any atom is -0.390 e. The number of piperidine rings is 1. The number of aromatic nitrogens is 2. The van der Waals surface area contributed by atoms with E-state index < -0.39 is 17.2 Å².